The third kappa shape index (κ3) is 4.76. The minimum Gasteiger partial charge on any atom is -0.355 e. The van der Waals surface area contributed by atoms with Crippen molar-refractivity contribution in [3.63, 3.8) is 0 Å². The van der Waals surface area contributed by atoms with Crippen LogP contribution >= 0.6 is 11.6 Å². The van der Waals surface area contributed by atoms with Crippen molar-refractivity contribution in [2.24, 2.45) is 0 Å². The van der Waals surface area contributed by atoms with E-state index in [1.54, 1.807) is 24.3 Å². The summed E-state index contributed by atoms with van der Waals surface area (Å²) in [5.74, 6) is -0.579. The molecule has 1 amide bonds. The van der Waals surface area contributed by atoms with Gasteiger partial charge in [-0.05, 0) is 36.8 Å². The molecule has 0 spiro atoms. The number of alkyl halides is 3. The van der Waals surface area contributed by atoms with Gasteiger partial charge in [0, 0.05) is 34.0 Å². The van der Waals surface area contributed by atoms with Gasteiger partial charge in [-0.3, -0.25) is 4.79 Å². The first kappa shape index (κ1) is 18.6. The average Bonchev–Trinajstić information content (AvgIpc) is 2.72. The second-order valence-electron chi connectivity index (χ2n) is 6.11. The Morgan fingerprint density at radius 3 is 2.54 bits per heavy atom. The maximum atomic E-state index is 13.5. The van der Waals surface area contributed by atoms with Crippen LogP contribution in [-0.4, -0.2) is 30.9 Å². The maximum Gasteiger partial charge on any atom is 0.417 e. The molecule has 0 saturated heterocycles. The first-order valence-electron chi connectivity index (χ1n) is 9.54. The van der Waals surface area contributed by atoms with E-state index in [9.17, 15) is 18.0 Å². The molecule has 0 N–H and O–H groups in total. The van der Waals surface area contributed by atoms with Gasteiger partial charge < -0.3 is 9.80 Å². The Hall–Kier alpha value is -2.72. The molecule has 0 radical (unpaired) electrons. The van der Waals surface area contributed by atoms with E-state index in [0.29, 0.717) is 10.6 Å². The summed E-state index contributed by atoms with van der Waals surface area (Å²) in [4.78, 5) is 15.1. The van der Waals surface area contributed by atoms with Gasteiger partial charge >= 0.3 is 6.18 Å². The second-order valence-corrected chi connectivity index (χ2v) is 6.52. The van der Waals surface area contributed by atoms with E-state index in [1.165, 1.54) is 24.0 Å². The van der Waals surface area contributed by atoms with E-state index in [4.69, 9.17) is 19.6 Å². The van der Waals surface area contributed by atoms with Gasteiger partial charge in [0.25, 0.3) is 0 Å². The predicted octanol–water partition coefficient (Wildman–Crippen LogP) is 4.71. The van der Waals surface area contributed by atoms with Crippen LogP contribution in [0, 0.1) is 11.3 Å². The Morgan fingerprint density at radius 2 is 1.96 bits per heavy atom. The van der Waals surface area contributed by atoms with Crippen LogP contribution in [0.5, 0.6) is 0 Å². The molecular weight excluding hydrogens is 391 g/mol. The van der Waals surface area contributed by atoms with Crippen LogP contribution in [0.4, 0.5) is 18.9 Å². The van der Waals surface area contributed by atoms with Gasteiger partial charge in [0.1, 0.15) is 6.04 Å². The molecule has 28 heavy (non-hydrogen) atoms. The molecule has 0 aliphatic carbocycles. The lowest BCUT2D eigenvalue weighted by Crippen LogP contribution is -2.44. The zero-order valence-electron chi connectivity index (χ0n) is 17.0. The number of anilines is 1. The van der Waals surface area contributed by atoms with E-state index in [0.717, 1.165) is 17.0 Å². The summed E-state index contributed by atoms with van der Waals surface area (Å²) in [6.45, 7) is 1.50. The van der Waals surface area contributed by atoms with Crippen LogP contribution < -0.4 is 4.90 Å². The summed E-state index contributed by atoms with van der Waals surface area (Å²) in [6.07, 6.45) is -4.75. The molecule has 4 nitrogen and oxygen atoms in total. The van der Waals surface area contributed by atoms with Gasteiger partial charge in [0.05, 0.1) is 17.2 Å². The number of carbonyl (C=O) groups is 1. The van der Waals surface area contributed by atoms with Crippen LogP contribution in [-0.2, 0) is 17.5 Å². The van der Waals surface area contributed by atoms with Crippen LogP contribution in [0.15, 0.2) is 42.5 Å². The van der Waals surface area contributed by atoms with Gasteiger partial charge in [0.2, 0.25) is 5.91 Å². The van der Waals surface area contributed by atoms with Gasteiger partial charge in [0.15, 0.2) is 0 Å². The van der Waals surface area contributed by atoms with Crippen LogP contribution in [0.2, 0.25) is 5.02 Å². The smallest absolute Gasteiger partial charge is 0.355 e. The molecule has 148 valence electrons. The van der Waals surface area contributed by atoms with E-state index < -0.39 is 43.3 Å². The fraction of sp³-hybridized carbons (Fsp3) is 0.300. The highest BCUT2D eigenvalue weighted by molar-refractivity contribution is 6.31. The Kier molecular flexibility index (Phi) is 5.68. The number of carbonyl (C=O) groups excluding carboxylic acids is 1. The van der Waals surface area contributed by atoms with Gasteiger partial charge in [-0.1, -0.05) is 29.8 Å². The lowest BCUT2D eigenvalue weighted by Gasteiger charge is -2.33. The van der Waals surface area contributed by atoms with Gasteiger partial charge in [-0.2, -0.15) is 18.4 Å². The summed E-state index contributed by atoms with van der Waals surface area (Å²) in [5.41, 5.74) is -0.983. The standard InChI is InChI=1S/C20H19ClF3N3O/c1-13(19(28)26(2)3)27(12-15-6-4-5-7-18(15)21)16-9-8-14(11-25)17(10-16)20(22,23)24/h4-10,13H,12H2,1-3H3/t13-/m0/s1/i2D,3D. The molecule has 0 aliphatic heterocycles. The highest BCUT2D eigenvalue weighted by Crippen LogP contribution is 2.35. The first-order valence-corrected chi connectivity index (χ1v) is 8.50. The second kappa shape index (κ2) is 8.53. The highest BCUT2D eigenvalue weighted by Gasteiger charge is 2.35. The molecule has 2 aromatic rings. The van der Waals surface area contributed by atoms with E-state index in [2.05, 4.69) is 0 Å². The highest BCUT2D eigenvalue weighted by atomic mass is 35.5. The van der Waals surface area contributed by atoms with Gasteiger partial charge in [-0.25, -0.2) is 0 Å². The maximum absolute atomic E-state index is 13.5. The number of halogens is 4. The molecule has 0 aromatic heterocycles. The molecule has 0 bridgehead atoms. The Labute approximate surface area is 169 Å². The number of hydrogen-bond acceptors (Lipinski definition) is 3. The van der Waals surface area contributed by atoms with Crippen molar-refractivity contribution in [3.8, 4) is 6.07 Å². The zero-order chi connectivity index (χ0) is 22.5. The van der Waals surface area contributed by atoms with Crippen molar-refractivity contribution in [2.45, 2.75) is 25.7 Å². The minimum absolute atomic E-state index is 0.0135. The first-order chi connectivity index (χ1) is 14.1. The molecular formula is C20H19ClF3N3O. The fourth-order valence-electron chi connectivity index (χ4n) is 2.70. The molecule has 0 fully saturated rings. The number of hydrogen-bond donors (Lipinski definition) is 0. The summed E-state index contributed by atoms with van der Waals surface area (Å²) >= 11 is 6.20. The lowest BCUT2D eigenvalue weighted by atomic mass is 10.0. The third-order valence-electron chi connectivity index (χ3n) is 4.20. The number of benzene rings is 2. The normalized spacial score (nSPS) is 13.1. The summed E-state index contributed by atoms with van der Waals surface area (Å²) in [6, 6.07) is 10.5. The molecule has 2 aromatic carbocycles. The van der Waals surface area contributed by atoms with Crippen molar-refractivity contribution in [3.05, 3.63) is 64.2 Å². The monoisotopic (exact) mass is 411 g/mol. The third-order valence-corrected chi connectivity index (χ3v) is 4.56. The Balaban J connectivity index is 2.57. The Morgan fingerprint density at radius 1 is 1.29 bits per heavy atom. The van der Waals surface area contributed by atoms with Crippen molar-refractivity contribution < 1.29 is 20.7 Å². The predicted molar refractivity (Wildman–Crippen MR) is 102 cm³/mol. The Bertz CT molecular complexity index is 946. The minimum atomic E-state index is -4.75. The van der Waals surface area contributed by atoms with Crippen molar-refractivity contribution in [1.29, 1.82) is 5.26 Å². The van der Waals surface area contributed by atoms with Crippen molar-refractivity contribution in [2.75, 3.05) is 18.9 Å². The molecule has 0 heterocycles. The number of likely N-dealkylation sites (N-methyl/N-ethyl adjacent to an activating group) is 1. The summed E-state index contributed by atoms with van der Waals surface area (Å²) in [5, 5.41) is 9.41. The van der Waals surface area contributed by atoms with E-state index in [-0.39, 0.29) is 12.2 Å². The van der Waals surface area contributed by atoms with E-state index >= 15 is 0 Å². The molecule has 1 atom stereocenters. The molecule has 2 rings (SSSR count). The van der Waals surface area contributed by atoms with Crippen LogP contribution in [0.3, 0.4) is 0 Å². The molecule has 0 aliphatic rings. The van der Waals surface area contributed by atoms with Crippen LogP contribution in [0.1, 0.15) is 26.4 Å². The number of amides is 1. The average molecular weight is 412 g/mol. The molecule has 8 heteroatoms. The van der Waals surface area contributed by atoms with Crippen molar-refractivity contribution in [1.82, 2.24) is 4.90 Å². The summed E-state index contributed by atoms with van der Waals surface area (Å²) in [7, 11) is -0.901. The number of rotatable bonds is 5. The van der Waals surface area contributed by atoms with Gasteiger partial charge in [-0.15, -0.1) is 0 Å². The van der Waals surface area contributed by atoms with Crippen LogP contribution in [0.25, 0.3) is 0 Å². The topological polar surface area (TPSA) is 47.3 Å². The fourth-order valence-corrected chi connectivity index (χ4v) is 2.90. The number of nitrogens with zero attached hydrogens (tertiary/aromatic N) is 3. The number of nitriles is 1. The largest absolute Gasteiger partial charge is 0.417 e. The molecule has 0 unspecified atom stereocenters. The van der Waals surface area contributed by atoms with E-state index in [1.807, 2.05) is 0 Å². The van der Waals surface area contributed by atoms with Crippen molar-refractivity contribution >= 4 is 23.2 Å². The quantitative estimate of drug-likeness (QED) is 0.715. The molecule has 0 saturated carbocycles. The zero-order valence-corrected chi connectivity index (χ0v) is 15.8. The lowest BCUT2D eigenvalue weighted by molar-refractivity contribution is -0.137. The summed E-state index contributed by atoms with van der Waals surface area (Å²) < 4.78 is 55.2. The SMILES string of the molecule is [2H]CN(C[2H])C(=O)[C@H](C)N(Cc1ccccc1Cl)c1ccc(C#N)c(C(F)(F)F)c1.